The second-order valence-electron chi connectivity index (χ2n) is 5.92. The summed E-state index contributed by atoms with van der Waals surface area (Å²) in [6, 6.07) is 4.52. The van der Waals surface area contributed by atoms with Gasteiger partial charge in [-0.15, -0.1) is 11.3 Å². The number of nitrogens with zero attached hydrogens (tertiary/aromatic N) is 1. The van der Waals surface area contributed by atoms with Crippen LogP contribution in [0.15, 0.2) is 17.6 Å². The molecule has 0 spiro atoms. The van der Waals surface area contributed by atoms with Gasteiger partial charge < -0.3 is 15.8 Å². The van der Waals surface area contributed by atoms with E-state index in [0.29, 0.717) is 12.1 Å². The highest BCUT2D eigenvalue weighted by atomic mass is 32.1. The van der Waals surface area contributed by atoms with Crippen molar-refractivity contribution in [2.75, 3.05) is 17.7 Å². The van der Waals surface area contributed by atoms with E-state index < -0.39 is 0 Å². The molecule has 0 aliphatic heterocycles. The van der Waals surface area contributed by atoms with Gasteiger partial charge in [0.2, 0.25) is 0 Å². The highest BCUT2D eigenvalue weighted by Gasteiger charge is 2.49. The van der Waals surface area contributed by atoms with E-state index in [-0.39, 0.29) is 5.41 Å². The number of thiazole rings is 1. The Balaban J connectivity index is 1.79. The van der Waals surface area contributed by atoms with Crippen LogP contribution in [0.2, 0.25) is 0 Å². The first-order chi connectivity index (χ1) is 9.54. The molecule has 1 aliphatic rings. The van der Waals surface area contributed by atoms with Crippen LogP contribution in [0.5, 0.6) is 0 Å². The molecule has 3 N–H and O–H groups in total. The van der Waals surface area contributed by atoms with Gasteiger partial charge in [-0.05, 0) is 25.5 Å². The van der Waals surface area contributed by atoms with Crippen molar-refractivity contribution in [1.29, 1.82) is 0 Å². The average Bonchev–Trinajstić information content (AvgIpc) is 2.89. The summed E-state index contributed by atoms with van der Waals surface area (Å²) < 4.78 is 6.90. The molecular weight excluding hydrogens is 270 g/mol. The van der Waals surface area contributed by atoms with Gasteiger partial charge in [-0.1, -0.05) is 13.8 Å². The zero-order valence-corrected chi connectivity index (χ0v) is 13.0. The Bertz CT molecular complexity index is 623. The van der Waals surface area contributed by atoms with Crippen LogP contribution in [0.1, 0.15) is 27.2 Å². The predicted molar refractivity (Wildman–Crippen MR) is 85.3 cm³/mol. The highest BCUT2D eigenvalue weighted by Crippen LogP contribution is 2.45. The van der Waals surface area contributed by atoms with Gasteiger partial charge >= 0.3 is 0 Å². The molecule has 1 aromatic carbocycles. The lowest BCUT2D eigenvalue weighted by molar-refractivity contribution is -0.0975. The fourth-order valence-electron chi connectivity index (χ4n) is 2.88. The topological polar surface area (TPSA) is 60.2 Å². The number of hydrogen-bond acceptors (Lipinski definition) is 5. The standard InChI is InChI=1S/C15H21N3OS/c1-4-19-12-7-11(15(12,2)3)18-9-5-6-10-14(13(9)16)17-8-20-10/h5-6,8,11-12,18H,4,7,16H2,1-3H3. The molecular formula is C15H21N3OS. The van der Waals surface area contributed by atoms with Gasteiger partial charge in [-0.2, -0.15) is 0 Å². The third-order valence-electron chi connectivity index (χ3n) is 4.42. The molecule has 1 heterocycles. The van der Waals surface area contributed by atoms with Gasteiger partial charge in [0.1, 0.15) is 5.52 Å². The minimum Gasteiger partial charge on any atom is -0.395 e. The molecule has 0 amide bonds. The SMILES string of the molecule is CCOC1CC(Nc2ccc3scnc3c2N)C1(C)C. The summed E-state index contributed by atoms with van der Waals surface area (Å²) in [4.78, 5) is 4.34. The summed E-state index contributed by atoms with van der Waals surface area (Å²) in [5, 5.41) is 3.57. The third-order valence-corrected chi connectivity index (χ3v) is 5.21. The Hall–Kier alpha value is -1.33. The van der Waals surface area contributed by atoms with Crippen molar-refractivity contribution in [3.8, 4) is 0 Å². The minimum atomic E-state index is 0.124. The first-order valence-corrected chi connectivity index (χ1v) is 7.91. The van der Waals surface area contributed by atoms with Crippen molar-refractivity contribution >= 4 is 32.9 Å². The molecule has 1 aliphatic carbocycles. The van der Waals surface area contributed by atoms with E-state index >= 15 is 0 Å². The molecule has 4 nitrogen and oxygen atoms in total. The van der Waals surface area contributed by atoms with Crippen LogP contribution in [-0.4, -0.2) is 23.7 Å². The van der Waals surface area contributed by atoms with Crippen molar-refractivity contribution in [2.45, 2.75) is 39.3 Å². The number of anilines is 2. The summed E-state index contributed by atoms with van der Waals surface area (Å²) in [6.45, 7) is 7.30. The molecule has 108 valence electrons. The minimum absolute atomic E-state index is 0.124. The molecule has 0 bridgehead atoms. The number of rotatable bonds is 4. The summed E-state index contributed by atoms with van der Waals surface area (Å²) in [7, 11) is 0. The molecule has 0 radical (unpaired) electrons. The van der Waals surface area contributed by atoms with Crippen molar-refractivity contribution in [2.24, 2.45) is 5.41 Å². The van der Waals surface area contributed by atoms with Crippen LogP contribution in [-0.2, 0) is 4.74 Å². The maximum atomic E-state index is 6.22. The van der Waals surface area contributed by atoms with E-state index in [1.54, 1.807) is 11.3 Å². The maximum Gasteiger partial charge on any atom is 0.106 e. The number of nitrogen functional groups attached to an aromatic ring is 1. The Morgan fingerprint density at radius 1 is 1.50 bits per heavy atom. The second kappa shape index (κ2) is 4.90. The average molecular weight is 291 g/mol. The van der Waals surface area contributed by atoms with E-state index in [1.807, 2.05) is 12.4 Å². The lowest BCUT2D eigenvalue weighted by Crippen LogP contribution is -2.58. The Labute approximate surface area is 123 Å². The fourth-order valence-corrected chi connectivity index (χ4v) is 3.57. The van der Waals surface area contributed by atoms with E-state index in [4.69, 9.17) is 10.5 Å². The molecule has 1 saturated carbocycles. The number of hydrogen-bond donors (Lipinski definition) is 2. The van der Waals surface area contributed by atoms with Crippen LogP contribution in [0.3, 0.4) is 0 Å². The highest BCUT2D eigenvalue weighted by molar-refractivity contribution is 7.16. The predicted octanol–water partition coefficient (Wildman–Crippen LogP) is 3.49. The molecule has 2 atom stereocenters. The number of fused-ring (bicyclic) bond motifs is 1. The number of ether oxygens (including phenoxy) is 1. The van der Waals surface area contributed by atoms with Gasteiger partial charge in [0, 0.05) is 18.1 Å². The number of nitrogens with two attached hydrogens (primary N) is 1. The Morgan fingerprint density at radius 3 is 3.00 bits per heavy atom. The van der Waals surface area contributed by atoms with Gasteiger partial charge in [0.25, 0.3) is 0 Å². The maximum absolute atomic E-state index is 6.22. The van der Waals surface area contributed by atoms with Crippen molar-refractivity contribution in [1.82, 2.24) is 4.98 Å². The fraction of sp³-hybridized carbons (Fsp3) is 0.533. The molecule has 1 aromatic heterocycles. The third kappa shape index (κ3) is 2.05. The smallest absolute Gasteiger partial charge is 0.106 e. The number of benzene rings is 1. The van der Waals surface area contributed by atoms with Crippen LogP contribution in [0, 0.1) is 5.41 Å². The lowest BCUT2D eigenvalue weighted by atomic mass is 9.64. The van der Waals surface area contributed by atoms with E-state index in [2.05, 4.69) is 36.3 Å². The molecule has 0 saturated heterocycles. The largest absolute Gasteiger partial charge is 0.395 e. The van der Waals surface area contributed by atoms with Crippen molar-refractivity contribution in [3.05, 3.63) is 17.6 Å². The molecule has 3 rings (SSSR count). The summed E-state index contributed by atoms with van der Waals surface area (Å²) in [6.07, 6.45) is 1.35. The first kappa shape index (κ1) is 13.6. The molecule has 2 aromatic rings. The van der Waals surface area contributed by atoms with Gasteiger partial charge in [-0.3, -0.25) is 0 Å². The van der Waals surface area contributed by atoms with Gasteiger partial charge in [0.15, 0.2) is 0 Å². The van der Waals surface area contributed by atoms with Crippen molar-refractivity contribution in [3.63, 3.8) is 0 Å². The normalized spacial score (nSPS) is 24.6. The van der Waals surface area contributed by atoms with Gasteiger partial charge in [0.05, 0.1) is 27.7 Å². The second-order valence-corrected chi connectivity index (χ2v) is 6.81. The number of aromatic nitrogens is 1. The van der Waals surface area contributed by atoms with Crippen LogP contribution in [0.25, 0.3) is 10.2 Å². The van der Waals surface area contributed by atoms with E-state index in [9.17, 15) is 0 Å². The van der Waals surface area contributed by atoms with Crippen LogP contribution >= 0.6 is 11.3 Å². The summed E-state index contributed by atoms with van der Waals surface area (Å²) in [5.74, 6) is 0. The van der Waals surface area contributed by atoms with Crippen LogP contribution < -0.4 is 11.1 Å². The van der Waals surface area contributed by atoms with Crippen LogP contribution in [0.4, 0.5) is 11.4 Å². The molecule has 5 heteroatoms. The zero-order valence-electron chi connectivity index (χ0n) is 12.1. The monoisotopic (exact) mass is 291 g/mol. The van der Waals surface area contributed by atoms with E-state index in [1.165, 1.54) is 0 Å². The molecule has 20 heavy (non-hydrogen) atoms. The van der Waals surface area contributed by atoms with Gasteiger partial charge in [-0.25, -0.2) is 4.98 Å². The molecule has 1 fully saturated rings. The summed E-state index contributed by atoms with van der Waals surface area (Å²) >= 11 is 1.62. The number of nitrogens with one attached hydrogen (secondary N) is 1. The quantitative estimate of drug-likeness (QED) is 0.847. The first-order valence-electron chi connectivity index (χ1n) is 7.03. The zero-order chi connectivity index (χ0) is 14.3. The Kier molecular flexibility index (Phi) is 3.34. The molecule has 2 unspecified atom stereocenters. The Morgan fingerprint density at radius 2 is 2.30 bits per heavy atom. The summed E-state index contributed by atoms with van der Waals surface area (Å²) in [5.41, 5.74) is 10.8. The van der Waals surface area contributed by atoms with Crippen molar-refractivity contribution < 1.29 is 4.74 Å². The lowest BCUT2D eigenvalue weighted by Gasteiger charge is -2.52. The van der Waals surface area contributed by atoms with E-state index in [0.717, 1.165) is 34.6 Å².